The summed E-state index contributed by atoms with van der Waals surface area (Å²) in [5, 5.41) is 10.2. The lowest BCUT2D eigenvalue weighted by Gasteiger charge is -2.33. The maximum absolute atomic E-state index is 13.6. The van der Waals surface area contributed by atoms with Crippen LogP contribution in [-0.2, 0) is 19.1 Å². The Morgan fingerprint density at radius 2 is 1.84 bits per heavy atom. The second kappa shape index (κ2) is 9.26. The van der Waals surface area contributed by atoms with E-state index in [9.17, 15) is 19.5 Å². The molecule has 3 rings (SSSR count). The van der Waals surface area contributed by atoms with Crippen LogP contribution in [-0.4, -0.2) is 46.6 Å². The molecule has 0 aromatic heterocycles. The molecule has 1 aliphatic rings. The first-order valence-corrected chi connectivity index (χ1v) is 10.4. The summed E-state index contributed by atoms with van der Waals surface area (Å²) in [6.45, 7) is 4.14. The number of hydrogen-bond acceptors (Lipinski definition) is 4. The molecule has 2 aromatic carbocycles. The summed E-state index contributed by atoms with van der Waals surface area (Å²) < 4.78 is 6.18. The minimum absolute atomic E-state index is 0.304. The summed E-state index contributed by atoms with van der Waals surface area (Å²) >= 11 is 12.7. The zero-order valence-electron chi connectivity index (χ0n) is 17.2. The average Bonchev–Trinajstić information content (AvgIpc) is 2.80. The minimum atomic E-state index is -1.47. The number of rotatable bonds is 5. The van der Waals surface area contributed by atoms with Crippen molar-refractivity contribution in [2.75, 3.05) is 11.4 Å². The molecule has 0 saturated heterocycles. The normalized spacial score (nSPS) is 18.5. The molecule has 0 fully saturated rings. The van der Waals surface area contributed by atoms with E-state index in [2.05, 4.69) is 0 Å². The monoisotopic (exact) mass is 464 g/mol. The number of nitrogens with zero attached hydrogens (tertiary/aromatic N) is 2. The van der Waals surface area contributed by atoms with E-state index in [0.717, 1.165) is 4.90 Å². The van der Waals surface area contributed by atoms with Crippen molar-refractivity contribution < 1.29 is 24.2 Å². The average molecular weight is 465 g/mol. The molecule has 0 bridgehead atoms. The zero-order valence-corrected chi connectivity index (χ0v) is 18.7. The van der Waals surface area contributed by atoms with Crippen LogP contribution in [0.25, 0.3) is 0 Å². The number of benzene rings is 2. The van der Waals surface area contributed by atoms with E-state index in [0.29, 0.717) is 26.9 Å². The highest BCUT2D eigenvalue weighted by Gasteiger charge is 2.42. The van der Waals surface area contributed by atoms with Gasteiger partial charge < -0.3 is 14.7 Å². The Bertz CT molecular complexity index is 1030. The van der Waals surface area contributed by atoms with Crippen LogP contribution in [0, 0.1) is 0 Å². The molecule has 2 aromatic rings. The summed E-state index contributed by atoms with van der Waals surface area (Å²) in [6.07, 6.45) is -2.33. The van der Waals surface area contributed by atoms with Crippen molar-refractivity contribution in [1.82, 2.24) is 4.90 Å². The van der Waals surface area contributed by atoms with Crippen molar-refractivity contribution in [1.29, 1.82) is 0 Å². The molecular formula is C22H22Cl2N2O5. The van der Waals surface area contributed by atoms with E-state index >= 15 is 0 Å². The molecule has 1 aliphatic heterocycles. The van der Waals surface area contributed by atoms with Gasteiger partial charge in [-0.25, -0.2) is 0 Å². The summed E-state index contributed by atoms with van der Waals surface area (Å²) in [6, 6.07) is 11.7. The molecule has 0 unspecified atom stereocenters. The molecule has 0 saturated carbocycles. The number of fused-ring (bicyclic) bond motifs is 1. The largest absolute Gasteiger partial charge is 0.480 e. The fourth-order valence-electron chi connectivity index (χ4n) is 3.63. The lowest BCUT2D eigenvalue weighted by molar-refractivity contribution is -0.165. The second-order valence-electron chi connectivity index (χ2n) is 7.44. The van der Waals surface area contributed by atoms with Crippen molar-refractivity contribution >= 4 is 46.7 Å². The Morgan fingerprint density at radius 1 is 1.16 bits per heavy atom. The molecule has 9 heteroatoms. The smallest absolute Gasteiger partial charge is 0.323 e. The van der Waals surface area contributed by atoms with Crippen LogP contribution >= 0.6 is 23.2 Å². The van der Waals surface area contributed by atoms with Crippen LogP contribution in [0.15, 0.2) is 42.5 Å². The van der Waals surface area contributed by atoms with Gasteiger partial charge in [-0.2, -0.15) is 0 Å². The van der Waals surface area contributed by atoms with Crippen molar-refractivity contribution in [2.45, 2.75) is 39.1 Å². The van der Waals surface area contributed by atoms with E-state index in [1.165, 1.54) is 11.8 Å². The highest BCUT2D eigenvalue weighted by atomic mass is 35.5. The van der Waals surface area contributed by atoms with E-state index < -0.39 is 36.7 Å². The van der Waals surface area contributed by atoms with E-state index in [-0.39, 0.29) is 6.04 Å². The van der Waals surface area contributed by atoms with Gasteiger partial charge in [0.25, 0.3) is 5.91 Å². The Balaban J connectivity index is 2.26. The highest BCUT2D eigenvalue weighted by Crippen LogP contribution is 2.42. The zero-order chi connectivity index (χ0) is 22.9. The van der Waals surface area contributed by atoms with Crippen LogP contribution in [0.5, 0.6) is 0 Å². The lowest BCUT2D eigenvalue weighted by Crippen LogP contribution is -2.54. The summed E-state index contributed by atoms with van der Waals surface area (Å²) in [4.78, 5) is 39.7. The molecule has 31 heavy (non-hydrogen) atoms. The van der Waals surface area contributed by atoms with E-state index in [1.807, 2.05) is 13.8 Å². The number of carboxylic acids is 1. The van der Waals surface area contributed by atoms with Crippen LogP contribution in [0.3, 0.4) is 0 Å². The first-order valence-electron chi connectivity index (χ1n) is 9.63. The van der Waals surface area contributed by atoms with E-state index in [1.54, 1.807) is 42.5 Å². The first-order chi connectivity index (χ1) is 14.6. The molecule has 1 N–H and O–H groups in total. The Kier molecular flexibility index (Phi) is 6.89. The summed E-state index contributed by atoms with van der Waals surface area (Å²) in [5.41, 5.74) is 1.70. The Hall–Kier alpha value is -2.61. The maximum atomic E-state index is 13.6. The molecular weight excluding hydrogens is 443 g/mol. The minimum Gasteiger partial charge on any atom is -0.480 e. The predicted octanol–water partition coefficient (Wildman–Crippen LogP) is 4.11. The van der Waals surface area contributed by atoms with Gasteiger partial charge in [0.1, 0.15) is 12.6 Å². The third-order valence-electron chi connectivity index (χ3n) is 4.94. The van der Waals surface area contributed by atoms with Crippen LogP contribution in [0.2, 0.25) is 10.0 Å². The predicted molar refractivity (Wildman–Crippen MR) is 117 cm³/mol. The van der Waals surface area contributed by atoms with Crippen molar-refractivity contribution in [3.63, 3.8) is 0 Å². The van der Waals surface area contributed by atoms with Gasteiger partial charge in [0.05, 0.1) is 5.69 Å². The van der Waals surface area contributed by atoms with Gasteiger partial charge in [0.15, 0.2) is 0 Å². The van der Waals surface area contributed by atoms with E-state index in [4.69, 9.17) is 27.9 Å². The second-order valence-corrected chi connectivity index (χ2v) is 8.28. The van der Waals surface area contributed by atoms with Gasteiger partial charge in [-0.1, -0.05) is 41.4 Å². The molecule has 0 radical (unpaired) electrons. The third kappa shape index (κ3) is 4.69. The number of ether oxygens (including phenoxy) is 1. The van der Waals surface area contributed by atoms with Crippen molar-refractivity contribution in [3.05, 3.63) is 63.6 Å². The van der Waals surface area contributed by atoms with Gasteiger partial charge in [-0.05, 0) is 38.1 Å². The number of carboxylic acid groups (broad SMARTS) is 1. The number of carbonyl (C=O) groups is 3. The third-order valence-corrected chi connectivity index (χ3v) is 5.52. The fraction of sp³-hybridized carbons (Fsp3) is 0.318. The van der Waals surface area contributed by atoms with Crippen molar-refractivity contribution in [3.8, 4) is 0 Å². The van der Waals surface area contributed by atoms with Gasteiger partial charge in [-0.3, -0.25) is 19.3 Å². The first kappa shape index (κ1) is 23.1. The number of aliphatic carboxylic acids is 1. The van der Waals surface area contributed by atoms with Gasteiger partial charge in [-0.15, -0.1) is 0 Å². The van der Waals surface area contributed by atoms with Crippen molar-refractivity contribution in [2.24, 2.45) is 0 Å². The van der Waals surface area contributed by atoms with Gasteiger partial charge >= 0.3 is 5.97 Å². The lowest BCUT2D eigenvalue weighted by atomic mass is 9.99. The van der Waals surface area contributed by atoms with Gasteiger partial charge in [0, 0.05) is 34.1 Å². The molecule has 7 nitrogen and oxygen atoms in total. The Labute approximate surface area is 190 Å². The highest BCUT2D eigenvalue weighted by molar-refractivity contribution is 6.31. The Morgan fingerprint density at radius 3 is 2.42 bits per heavy atom. The molecule has 164 valence electrons. The summed E-state index contributed by atoms with van der Waals surface area (Å²) in [7, 11) is 0. The summed E-state index contributed by atoms with van der Waals surface area (Å²) in [5.74, 6) is -2.42. The van der Waals surface area contributed by atoms with Crippen LogP contribution in [0.1, 0.15) is 38.0 Å². The molecule has 1 heterocycles. The maximum Gasteiger partial charge on any atom is 0.323 e. The van der Waals surface area contributed by atoms with Crippen LogP contribution in [0.4, 0.5) is 5.69 Å². The number of amides is 2. The molecule has 2 amide bonds. The molecule has 2 atom stereocenters. The van der Waals surface area contributed by atoms with Gasteiger partial charge in [0.2, 0.25) is 12.1 Å². The quantitative estimate of drug-likeness (QED) is 0.718. The SMILES string of the molecule is CC(=O)N(CC(=O)O)[C@@H]1O[C@@H](c2ccccc2Cl)c2cc(Cl)ccc2N(C(C)C)C1=O. The van der Waals surface area contributed by atoms with Crippen LogP contribution < -0.4 is 4.90 Å². The number of hydrogen-bond donors (Lipinski definition) is 1. The topological polar surface area (TPSA) is 87.2 Å². The number of carbonyl (C=O) groups excluding carboxylic acids is 2. The molecule has 0 spiro atoms. The number of anilines is 1. The fourth-order valence-corrected chi connectivity index (χ4v) is 4.04. The molecule has 0 aliphatic carbocycles. The number of halogens is 2. The standard InChI is InChI=1S/C22H22Cl2N2O5/c1-12(2)26-18-9-8-14(23)10-16(18)20(15-6-4-5-7-17(15)24)31-22(21(26)30)25(13(3)27)11-19(28)29/h4-10,12,20,22H,11H2,1-3H3,(H,28,29)/t20-,22+/m0/s1.